The predicted molar refractivity (Wildman–Crippen MR) is 66.3 cm³/mol. The summed E-state index contributed by atoms with van der Waals surface area (Å²) in [5.74, 6) is -0.276. The summed E-state index contributed by atoms with van der Waals surface area (Å²) in [6.07, 6.45) is 0.815. The second kappa shape index (κ2) is 4.97. The molecule has 0 atom stereocenters. The van der Waals surface area contributed by atoms with Crippen molar-refractivity contribution in [1.82, 2.24) is 0 Å². The van der Waals surface area contributed by atoms with Crippen LogP contribution >= 0.6 is 0 Å². The van der Waals surface area contributed by atoms with Gasteiger partial charge in [0.25, 0.3) is 0 Å². The molecule has 0 heterocycles. The van der Waals surface area contributed by atoms with Gasteiger partial charge in [0.05, 0.1) is 0 Å². The summed E-state index contributed by atoms with van der Waals surface area (Å²) in [7, 11) is 0. The molecular weight excluding hydrogens is 217 g/mol. The quantitative estimate of drug-likeness (QED) is 0.853. The van der Waals surface area contributed by atoms with Gasteiger partial charge in [-0.05, 0) is 42.3 Å². The van der Waals surface area contributed by atoms with Crippen LogP contribution in [-0.2, 0) is 6.42 Å². The molecule has 2 nitrogen and oxygen atoms in total. The number of hydrogen-bond donors (Lipinski definition) is 2. The topological polar surface area (TPSA) is 46.2 Å². The van der Waals surface area contributed by atoms with Gasteiger partial charge in [-0.1, -0.05) is 24.3 Å². The van der Waals surface area contributed by atoms with Crippen molar-refractivity contribution in [3.05, 3.63) is 53.8 Å². The van der Waals surface area contributed by atoms with Gasteiger partial charge in [-0.2, -0.15) is 0 Å². The maximum absolute atomic E-state index is 13.1. The van der Waals surface area contributed by atoms with Crippen molar-refractivity contribution in [1.29, 1.82) is 0 Å². The third-order valence-electron chi connectivity index (χ3n) is 2.66. The number of aromatic hydroxyl groups is 1. The van der Waals surface area contributed by atoms with Crippen molar-refractivity contribution in [3.8, 4) is 16.9 Å². The van der Waals surface area contributed by atoms with Gasteiger partial charge in [0.1, 0.15) is 11.6 Å². The van der Waals surface area contributed by atoms with Crippen molar-refractivity contribution in [2.45, 2.75) is 6.42 Å². The van der Waals surface area contributed by atoms with E-state index in [1.54, 1.807) is 0 Å². The Bertz CT molecular complexity index is 508. The molecule has 0 spiro atoms. The van der Waals surface area contributed by atoms with Gasteiger partial charge in [0, 0.05) is 5.56 Å². The summed E-state index contributed by atoms with van der Waals surface area (Å²) < 4.78 is 13.1. The summed E-state index contributed by atoms with van der Waals surface area (Å²) in [5.41, 5.74) is 7.89. The molecule has 0 radical (unpaired) electrons. The van der Waals surface area contributed by atoms with Gasteiger partial charge in [-0.3, -0.25) is 0 Å². The first kappa shape index (κ1) is 11.6. The van der Waals surface area contributed by atoms with E-state index in [1.807, 2.05) is 24.3 Å². The summed E-state index contributed by atoms with van der Waals surface area (Å²) in [6.45, 7) is 0.602. The SMILES string of the molecule is NCCc1ccc(-c2cc(F)ccc2O)cc1. The molecule has 0 bridgehead atoms. The highest BCUT2D eigenvalue weighted by atomic mass is 19.1. The standard InChI is InChI=1S/C14H14FNO/c15-12-5-6-14(17)13(9-12)11-3-1-10(2-4-11)7-8-16/h1-6,9,17H,7-8,16H2. The van der Waals surface area contributed by atoms with Gasteiger partial charge in [-0.25, -0.2) is 4.39 Å². The molecule has 0 saturated carbocycles. The zero-order valence-electron chi connectivity index (χ0n) is 9.36. The number of hydrogen-bond acceptors (Lipinski definition) is 2. The minimum absolute atomic E-state index is 0.0815. The molecule has 17 heavy (non-hydrogen) atoms. The summed E-state index contributed by atoms with van der Waals surface area (Å²) in [5, 5.41) is 9.67. The smallest absolute Gasteiger partial charge is 0.124 e. The molecule has 3 heteroatoms. The summed E-state index contributed by atoms with van der Waals surface area (Å²) in [4.78, 5) is 0. The third-order valence-corrected chi connectivity index (χ3v) is 2.66. The third kappa shape index (κ3) is 2.63. The maximum atomic E-state index is 13.1. The van der Waals surface area contributed by atoms with Crippen LogP contribution in [0.3, 0.4) is 0 Å². The number of rotatable bonds is 3. The van der Waals surface area contributed by atoms with Gasteiger partial charge in [0.15, 0.2) is 0 Å². The molecule has 0 aromatic heterocycles. The van der Waals surface area contributed by atoms with Crippen LogP contribution in [0.25, 0.3) is 11.1 Å². The Balaban J connectivity index is 2.36. The molecule has 0 amide bonds. The monoisotopic (exact) mass is 231 g/mol. The zero-order valence-corrected chi connectivity index (χ0v) is 9.36. The molecule has 3 N–H and O–H groups in total. The van der Waals surface area contributed by atoms with E-state index in [0.29, 0.717) is 12.1 Å². The first-order valence-electron chi connectivity index (χ1n) is 5.48. The summed E-state index contributed by atoms with van der Waals surface area (Å²) in [6, 6.07) is 11.5. The Morgan fingerprint density at radius 3 is 2.41 bits per heavy atom. The highest BCUT2D eigenvalue weighted by molar-refractivity contribution is 5.70. The largest absolute Gasteiger partial charge is 0.507 e. The second-order valence-electron chi connectivity index (χ2n) is 3.90. The lowest BCUT2D eigenvalue weighted by atomic mass is 10.0. The molecule has 2 rings (SSSR count). The highest BCUT2D eigenvalue weighted by Crippen LogP contribution is 2.29. The maximum Gasteiger partial charge on any atom is 0.124 e. The fraction of sp³-hybridized carbons (Fsp3) is 0.143. The Morgan fingerprint density at radius 2 is 1.76 bits per heavy atom. The minimum Gasteiger partial charge on any atom is -0.507 e. The normalized spacial score (nSPS) is 10.5. The van der Waals surface area contributed by atoms with E-state index >= 15 is 0 Å². The van der Waals surface area contributed by atoms with E-state index in [1.165, 1.54) is 18.2 Å². The number of nitrogens with two attached hydrogens (primary N) is 1. The highest BCUT2D eigenvalue weighted by Gasteiger charge is 2.05. The van der Waals surface area contributed by atoms with E-state index in [2.05, 4.69) is 0 Å². The minimum atomic E-state index is -0.358. The van der Waals surface area contributed by atoms with Crippen LogP contribution in [-0.4, -0.2) is 11.7 Å². The van der Waals surface area contributed by atoms with Crippen LogP contribution in [0.1, 0.15) is 5.56 Å². The van der Waals surface area contributed by atoms with Crippen LogP contribution in [0.5, 0.6) is 5.75 Å². The van der Waals surface area contributed by atoms with Crippen molar-refractivity contribution in [3.63, 3.8) is 0 Å². The van der Waals surface area contributed by atoms with Gasteiger partial charge in [0.2, 0.25) is 0 Å². The number of phenols is 1. The van der Waals surface area contributed by atoms with E-state index in [4.69, 9.17) is 5.73 Å². The molecule has 2 aromatic rings. The van der Waals surface area contributed by atoms with Crippen LogP contribution in [0.15, 0.2) is 42.5 Å². The lowest BCUT2D eigenvalue weighted by Crippen LogP contribution is -2.02. The van der Waals surface area contributed by atoms with Gasteiger partial charge < -0.3 is 10.8 Å². The molecule has 0 saturated heterocycles. The van der Waals surface area contributed by atoms with E-state index in [9.17, 15) is 9.50 Å². The lowest BCUT2D eigenvalue weighted by molar-refractivity contribution is 0.475. The molecule has 0 fully saturated rings. The van der Waals surface area contributed by atoms with Crippen LogP contribution in [0, 0.1) is 5.82 Å². The van der Waals surface area contributed by atoms with E-state index < -0.39 is 0 Å². The molecule has 0 aliphatic carbocycles. The molecule has 0 unspecified atom stereocenters. The van der Waals surface area contributed by atoms with Crippen molar-refractivity contribution < 1.29 is 9.50 Å². The first-order chi connectivity index (χ1) is 8.20. The molecule has 2 aromatic carbocycles. The van der Waals surface area contributed by atoms with Gasteiger partial charge >= 0.3 is 0 Å². The van der Waals surface area contributed by atoms with Crippen molar-refractivity contribution >= 4 is 0 Å². The van der Waals surface area contributed by atoms with Crippen molar-refractivity contribution in [2.24, 2.45) is 5.73 Å². The lowest BCUT2D eigenvalue weighted by Gasteiger charge is -2.06. The summed E-state index contributed by atoms with van der Waals surface area (Å²) >= 11 is 0. The average Bonchev–Trinajstić information content (AvgIpc) is 2.34. The fourth-order valence-electron chi connectivity index (χ4n) is 1.76. The zero-order chi connectivity index (χ0) is 12.3. The van der Waals surface area contributed by atoms with Crippen LogP contribution in [0.2, 0.25) is 0 Å². The Labute approximate surface area is 99.5 Å². The molecule has 0 aliphatic rings. The van der Waals surface area contributed by atoms with E-state index in [-0.39, 0.29) is 11.6 Å². The Morgan fingerprint density at radius 1 is 1.06 bits per heavy atom. The van der Waals surface area contributed by atoms with Crippen LogP contribution in [0.4, 0.5) is 4.39 Å². The van der Waals surface area contributed by atoms with E-state index in [0.717, 1.165) is 17.5 Å². The van der Waals surface area contributed by atoms with Crippen LogP contribution < -0.4 is 5.73 Å². The Kier molecular flexibility index (Phi) is 3.40. The first-order valence-corrected chi connectivity index (χ1v) is 5.48. The predicted octanol–water partition coefficient (Wildman–Crippen LogP) is 2.70. The number of halogens is 1. The molecule has 88 valence electrons. The molecule has 0 aliphatic heterocycles. The number of phenolic OH excluding ortho intramolecular Hbond substituents is 1. The van der Waals surface area contributed by atoms with Gasteiger partial charge in [-0.15, -0.1) is 0 Å². The second-order valence-corrected chi connectivity index (χ2v) is 3.90. The fourth-order valence-corrected chi connectivity index (χ4v) is 1.76. The average molecular weight is 231 g/mol. The number of benzene rings is 2. The molecular formula is C14H14FNO. The Hall–Kier alpha value is -1.87. The van der Waals surface area contributed by atoms with Crippen molar-refractivity contribution in [2.75, 3.05) is 6.54 Å².